The van der Waals surface area contributed by atoms with Crippen molar-refractivity contribution in [2.24, 2.45) is 4.99 Å². The number of nitrogens with one attached hydrogen (secondary N) is 2. The maximum absolute atomic E-state index is 5.46. The summed E-state index contributed by atoms with van der Waals surface area (Å²) in [7, 11) is 1.81. The van der Waals surface area contributed by atoms with Crippen molar-refractivity contribution >= 4 is 29.9 Å². The largest absolute Gasteiger partial charge is 0.359 e. The molecule has 0 spiro atoms. The molecule has 1 fully saturated rings. The van der Waals surface area contributed by atoms with Gasteiger partial charge in [-0.15, -0.1) is 24.0 Å². The zero-order valence-electron chi connectivity index (χ0n) is 18.0. The van der Waals surface area contributed by atoms with Gasteiger partial charge < -0.3 is 20.1 Å². The monoisotopic (exact) mass is 505 g/mol. The van der Waals surface area contributed by atoms with Gasteiger partial charge >= 0.3 is 0 Å². The molecule has 1 aliphatic heterocycles. The second-order valence-electron chi connectivity index (χ2n) is 7.55. The van der Waals surface area contributed by atoms with Crippen LogP contribution in [0.5, 0.6) is 0 Å². The number of aromatic nitrogens is 1. The molecule has 28 heavy (non-hydrogen) atoms. The highest BCUT2D eigenvalue weighted by molar-refractivity contribution is 14.0. The van der Waals surface area contributed by atoms with E-state index >= 15 is 0 Å². The van der Waals surface area contributed by atoms with Crippen LogP contribution in [-0.4, -0.2) is 49.2 Å². The van der Waals surface area contributed by atoms with Crippen molar-refractivity contribution in [2.45, 2.75) is 77.7 Å². The Kier molecular flexibility index (Phi) is 13.6. The van der Waals surface area contributed by atoms with Gasteiger partial charge in [0.2, 0.25) is 0 Å². The van der Waals surface area contributed by atoms with Crippen LogP contribution < -0.4 is 10.6 Å². The van der Waals surface area contributed by atoms with Gasteiger partial charge in [0, 0.05) is 25.6 Å². The molecule has 0 aromatic carbocycles. The van der Waals surface area contributed by atoms with Crippen LogP contribution in [0.15, 0.2) is 15.6 Å². The molecular formula is C21H40IN5O. The summed E-state index contributed by atoms with van der Waals surface area (Å²) in [4.78, 5) is 6.91. The summed E-state index contributed by atoms with van der Waals surface area (Å²) >= 11 is 0. The summed E-state index contributed by atoms with van der Waals surface area (Å²) in [5.74, 6) is 2.18. The molecular weight excluding hydrogens is 465 g/mol. The predicted octanol–water partition coefficient (Wildman–Crippen LogP) is 4.52. The Morgan fingerprint density at radius 1 is 1.14 bits per heavy atom. The highest BCUT2D eigenvalue weighted by atomic mass is 127. The molecule has 0 bridgehead atoms. The van der Waals surface area contributed by atoms with E-state index in [4.69, 9.17) is 4.52 Å². The highest BCUT2D eigenvalue weighted by Crippen LogP contribution is 2.22. The molecule has 0 radical (unpaired) electrons. The van der Waals surface area contributed by atoms with Crippen LogP contribution in [0.25, 0.3) is 0 Å². The van der Waals surface area contributed by atoms with Crippen LogP contribution in [0.1, 0.15) is 82.6 Å². The molecule has 0 aliphatic carbocycles. The van der Waals surface area contributed by atoms with E-state index in [0.717, 1.165) is 36.8 Å². The number of hydrogen-bond acceptors (Lipinski definition) is 4. The third kappa shape index (κ3) is 9.11. The smallest absolute Gasteiger partial charge is 0.191 e. The van der Waals surface area contributed by atoms with E-state index < -0.39 is 0 Å². The number of hydrogen-bond donors (Lipinski definition) is 2. The minimum Gasteiger partial charge on any atom is -0.359 e. The summed E-state index contributed by atoms with van der Waals surface area (Å²) < 4.78 is 5.46. The normalized spacial score (nSPS) is 15.5. The number of likely N-dealkylation sites (tertiary alicyclic amines) is 1. The number of nitrogens with zero attached hydrogens (tertiary/aromatic N) is 3. The Morgan fingerprint density at radius 2 is 1.89 bits per heavy atom. The van der Waals surface area contributed by atoms with Gasteiger partial charge in [0.1, 0.15) is 0 Å². The third-order valence-electron chi connectivity index (χ3n) is 5.53. The summed E-state index contributed by atoms with van der Waals surface area (Å²) in [6.07, 6.45) is 10.1. The molecule has 1 aromatic heterocycles. The van der Waals surface area contributed by atoms with Crippen LogP contribution in [0.3, 0.4) is 0 Å². The second kappa shape index (κ2) is 15.1. The first kappa shape index (κ1) is 25.2. The van der Waals surface area contributed by atoms with Gasteiger partial charge in [0.05, 0.1) is 12.2 Å². The first-order valence-corrected chi connectivity index (χ1v) is 10.9. The Balaban J connectivity index is 0.00000392. The molecule has 0 unspecified atom stereocenters. The van der Waals surface area contributed by atoms with E-state index in [-0.39, 0.29) is 24.0 Å². The molecule has 2 N–H and O–H groups in total. The van der Waals surface area contributed by atoms with Crippen LogP contribution in [0.2, 0.25) is 0 Å². The van der Waals surface area contributed by atoms with Crippen molar-refractivity contribution in [3.05, 3.63) is 17.5 Å². The lowest BCUT2D eigenvalue weighted by Crippen LogP contribution is -2.37. The number of aliphatic imine (C=N–C) groups is 1. The van der Waals surface area contributed by atoms with Crippen molar-refractivity contribution in [1.29, 1.82) is 0 Å². The van der Waals surface area contributed by atoms with Crippen LogP contribution in [0.4, 0.5) is 0 Å². The maximum atomic E-state index is 5.46. The van der Waals surface area contributed by atoms with E-state index in [9.17, 15) is 0 Å². The van der Waals surface area contributed by atoms with E-state index in [1.54, 1.807) is 0 Å². The predicted molar refractivity (Wildman–Crippen MR) is 128 cm³/mol. The Bertz CT molecular complexity index is 539. The molecule has 1 aliphatic rings. The van der Waals surface area contributed by atoms with E-state index in [0.29, 0.717) is 12.5 Å². The molecule has 162 valence electrons. The fraction of sp³-hybridized carbons (Fsp3) is 0.810. The van der Waals surface area contributed by atoms with E-state index in [1.807, 2.05) is 7.05 Å². The number of piperidine rings is 1. The van der Waals surface area contributed by atoms with E-state index in [2.05, 4.69) is 45.6 Å². The van der Waals surface area contributed by atoms with Gasteiger partial charge in [-0.1, -0.05) is 31.8 Å². The number of unbranched alkanes of at least 4 members (excludes halogenated alkanes) is 2. The topological polar surface area (TPSA) is 65.7 Å². The molecule has 1 aromatic rings. The zero-order chi connectivity index (χ0) is 19.3. The molecule has 7 heteroatoms. The molecule has 2 rings (SSSR count). The SMILES string of the molecule is CCC(CC)c1cc(CNC(=NC)NCCCCCN2CCCCC2)on1.I. The average molecular weight is 505 g/mol. The van der Waals surface area contributed by atoms with Crippen molar-refractivity contribution in [3.63, 3.8) is 0 Å². The molecule has 1 saturated heterocycles. The lowest BCUT2D eigenvalue weighted by Gasteiger charge is -2.26. The van der Waals surface area contributed by atoms with Gasteiger partial charge in [-0.25, -0.2) is 0 Å². The molecule has 2 heterocycles. The first-order chi connectivity index (χ1) is 13.3. The van der Waals surface area contributed by atoms with Crippen LogP contribution in [0, 0.1) is 0 Å². The van der Waals surface area contributed by atoms with Crippen molar-refractivity contribution in [1.82, 2.24) is 20.7 Å². The highest BCUT2D eigenvalue weighted by Gasteiger charge is 2.13. The van der Waals surface area contributed by atoms with Crippen molar-refractivity contribution < 1.29 is 4.52 Å². The van der Waals surface area contributed by atoms with Gasteiger partial charge in [0.15, 0.2) is 11.7 Å². The Morgan fingerprint density at radius 3 is 2.57 bits per heavy atom. The lowest BCUT2D eigenvalue weighted by atomic mass is 9.99. The van der Waals surface area contributed by atoms with Gasteiger partial charge in [-0.3, -0.25) is 4.99 Å². The fourth-order valence-corrected chi connectivity index (χ4v) is 3.73. The summed E-state index contributed by atoms with van der Waals surface area (Å²) in [6, 6.07) is 2.07. The minimum atomic E-state index is 0. The number of guanidine groups is 1. The van der Waals surface area contributed by atoms with Gasteiger partial charge in [0.25, 0.3) is 0 Å². The Labute approximate surface area is 188 Å². The molecule has 0 amide bonds. The van der Waals surface area contributed by atoms with Crippen molar-refractivity contribution in [2.75, 3.05) is 33.2 Å². The van der Waals surface area contributed by atoms with Crippen LogP contribution in [-0.2, 0) is 6.54 Å². The molecule has 0 saturated carbocycles. The summed E-state index contributed by atoms with van der Waals surface area (Å²) in [5.41, 5.74) is 1.06. The zero-order valence-corrected chi connectivity index (χ0v) is 20.3. The number of rotatable bonds is 11. The van der Waals surface area contributed by atoms with Crippen LogP contribution >= 0.6 is 24.0 Å². The maximum Gasteiger partial charge on any atom is 0.191 e. The second-order valence-corrected chi connectivity index (χ2v) is 7.55. The first-order valence-electron chi connectivity index (χ1n) is 10.9. The van der Waals surface area contributed by atoms with Crippen molar-refractivity contribution in [3.8, 4) is 0 Å². The Hall–Kier alpha value is -0.830. The summed E-state index contributed by atoms with van der Waals surface area (Å²) in [6.45, 7) is 9.82. The standard InChI is InChI=1S/C21H39N5O.HI/c1-4-18(5-2)20-16-19(27-25-20)17-24-21(22-3)23-12-8-6-9-13-26-14-10-7-11-15-26;/h16,18H,4-15,17H2,1-3H3,(H2,22,23,24);1H. The molecule has 6 nitrogen and oxygen atoms in total. The average Bonchev–Trinajstić information content (AvgIpc) is 3.17. The summed E-state index contributed by atoms with van der Waals surface area (Å²) in [5, 5.41) is 10.9. The van der Waals surface area contributed by atoms with Gasteiger partial charge in [-0.05, 0) is 58.2 Å². The van der Waals surface area contributed by atoms with E-state index in [1.165, 1.54) is 58.2 Å². The fourth-order valence-electron chi connectivity index (χ4n) is 3.73. The number of halogens is 1. The third-order valence-corrected chi connectivity index (χ3v) is 5.53. The quantitative estimate of drug-likeness (QED) is 0.201. The lowest BCUT2D eigenvalue weighted by molar-refractivity contribution is 0.224. The van der Waals surface area contributed by atoms with Gasteiger partial charge in [-0.2, -0.15) is 0 Å². The molecule has 0 atom stereocenters. The minimum absolute atomic E-state index is 0.